The van der Waals surface area contributed by atoms with E-state index in [1.165, 1.54) is 0 Å². The number of carboxylic acid groups (broad SMARTS) is 1. The van der Waals surface area contributed by atoms with E-state index >= 15 is 0 Å². The highest BCUT2D eigenvalue weighted by atomic mass is 16.4. The van der Waals surface area contributed by atoms with E-state index in [0.717, 1.165) is 5.56 Å². The summed E-state index contributed by atoms with van der Waals surface area (Å²) in [6.07, 6.45) is 1.56. The quantitative estimate of drug-likeness (QED) is 0.853. The molecule has 0 bridgehead atoms. The molecule has 2 aromatic rings. The van der Waals surface area contributed by atoms with Gasteiger partial charge in [0.25, 0.3) is 0 Å². The number of aromatic carboxylic acids is 1. The zero-order valence-corrected chi connectivity index (χ0v) is 8.92. The first kappa shape index (κ1) is 10.4. The Morgan fingerprint density at radius 1 is 1.38 bits per heavy atom. The Morgan fingerprint density at radius 2 is 2.06 bits per heavy atom. The van der Waals surface area contributed by atoms with Crippen molar-refractivity contribution in [3.63, 3.8) is 0 Å². The van der Waals surface area contributed by atoms with Crippen LogP contribution < -0.4 is 0 Å². The fourth-order valence-electron chi connectivity index (χ4n) is 1.66. The first-order valence-corrected chi connectivity index (χ1v) is 4.97. The molecule has 0 aliphatic carbocycles. The maximum absolute atomic E-state index is 11.0. The SMILES string of the molecule is Cc1ncn(Cc2ccccc2)c1C(=O)O. The standard InChI is InChI=1S/C12H12N2O2/c1-9-11(12(15)16)14(8-13-9)7-10-5-3-2-4-6-10/h2-6,8H,7H2,1H3,(H,15,16). The molecule has 2 rings (SSSR count). The Hall–Kier alpha value is -2.10. The van der Waals surface area contributed by atoms with Crippen molar-refractivity contribution in [1.29, 1.82) is 0 Å². The van der Waals surface area contributed by atoms with Gasteiger partial charge in [-0.25, -0.2) is 9.78 Å². The molecule has 0 fully saturated rings. The number of imidazole rings is 1. The lowest BCUT2D eigenvalue weighted by Gasteiger charge is -2.05. The van der Waals surface area contributed by atoms with E-state index in [0.29, 0.717) is 12.2 Å². The summed E-state index contributed by atoms with van der Waals surface area (Å²) in [7, 11) is 0. The molecular formula is C12H12N2O2. The molecule has 0 saturated carbocycles. The van der Waals surface area contributed by atoms with Crippen molar-refractivity contribution < 1.29 is 9.90 Å². The number of aryl methyl sites for hydroxylation is 1. The Morgan fingerprint density at radius 3 is 2.69 bits per heavy atom. The number of rotatable bonds is 3. The van der Waals surface area contributed by atoms with Gasteiger partial charge in [-0.1, -0.05) is 30.3 Å². The maximum Gasteiger partial charge on any atom is 0.354 e. The van der Waals surface area contributed by atoms with Gasteiger partial charge >= 0.3 is 5.97 Å². The molecule has 0 amide bonds. The predicted molar refractivity (Wildman–Crippen MR) is 59.5 cm³/mol. The first-order valence-electron chi connectivity index (χ1n) is 4.97. The number of carbonyl (C=O) groups is 1. The molecule has 1 heterocycles. The molecule has 0 atom stereocenters. The van der Waals surface area contributed by atoms with Crippen LogP contribution >= 0.6 is 0 Å². The van der Waals surface area contributed by atoms with E-state index < -0.39 is 5.97 Å². The highest BCUT2D eigenvalue weighted by Gasteiger charge is 2.14. The van der Waals surface area contributed by atoms with Crippen molar-refractivity contribution in [3.8, 4) is 0 Å². The molecule has 0 aliphatic heterocycles. The molecule has 82 valence electrons. The second-order valence-electron chi connectivity index (χ2n) is 3.60. The smallest absolute Gasteiger partial charge is 0.354 e. The highest BCUT2D eigenvalue weighted by molar-refractivity contribution is 5.86. The lowest BCUT2D eigenvalue weighted by atomic mass is 10.2. The van der Waals surface area contributed by atoms with Gasteiger partial charge in [0.1, 0.15) is 5.69 Å². The maximum atomic E-state index is 11.0. The van der Waals surface area contributed by atoms with E-state index in [4.69, 9.17) is 5.11 Å². The Labute approximate surface area is 93.2 Å². The molecule has 0 spiro atoms. The molecule has 1 aromatic heterocycles. The van der Waals surface area contributed by atoms with E-state index in [1.807, 2.05) is 30.3 Å². The summed E-state index contributed by atoms with van der Waals surface area (Å²) in [5.41, 5.74) is 1.86. The Balaban J connectivity index is 2.32. The van der Waals surface area contributed by atoms with Crippen LogP contribution in [0.5, 0.6) is 0 Å². The third kappa shape index (κ3) is 1.95. The third-order valence-corrected chi connectivity index (χ3v) is 2.42. The minimum absolute atomic E-state index is 0.254. The van der Waals surface area contributed by atoms with Gasteiger partial charge in [0.2, 0.25) is 0 Å². The van der Waals surface area contributed by atoms with Crippen LogP contribution in [0.3, 0.4) is 0 Å². The zero-order chi connectivity index (χ0) is 11.5. The molecule has 0 radical (unpaired) electrons. The summed E-state index contributed by atoms with van der Waals surface area (Å²) in [6.45, 7) is 2.23. The van der Waals surface area contributed by atoms with Crippen molar-refractivity contribution in [2.45, 2.75) is 13.5 Å². The summed E-state index contributed by atoms with van der Waals surface area (Å²) in [4.78, 5) is 15.0. The van der Waals surface area contributed by atoms with Crippen LogP contribution in [-0.4, -0.2) is 20.6 Å². The van der Waals surface area contributed by atoms with Gasteiger partial charge in [-0.05, 0) is 12.5 Å². The molecule has 0 unspecified atom stereocenters. The molecule has 1 aromatic carbocycles. The highest BCUT2D eigenvalue weighted by Crippen LogP contribution is 2.09. The fraction of sp³-hybridized carbons (Fsp3) is 0.167. The van der Waals surface area contributed by atoms with Gasteiger partial charge in [0.15, 0.2) is 0 Å². The van der Waals surface area contributed by atoms with Crippen LogP contribution in [-0.2, 0) is 6.54 Å². The number of carboxylic acids is 1. The minimum Gasteiger partial charge on any atom is -0.477 e. The van der Waals surface area contributed by atoms with E-state index in [9.17, 15) is 4.79 Å². The van der Waals surface area contributed by atoms with Crippen LogP contribution in [0.2, 0.25) is 0 Å². The fourth-order valence-corrected chi connectivity index (χ4v) is 1.66. The van der Waals surface area contributed by atoms with Gasteiger partial charge < -0.3 is 9.67 Å². The van der Waals surface area contributed by atoms with Gasteiger partial charge in [-0.15, -0.1) is 0 Å². The second-order valence-corrected chi connectivity index (χ2v) is 3.60. The Bertz CT molecular complexity index is 503. The van der Waals surface area contributed by atoms with Crippen molar-refractivity contribution in [1.82, 2.24) is 9.55 Å². The summed E-state index contributed by atoms with van der Waals surface area (Å²) in [5, 5.41) is 9.05. The summed E-state index contributed by atoms with van der Waals surface area (Å²) in [5.74, 6) is -0.939. The number of nitrogens with zero attached hydrogens (tertiary/aromatic N) is 2. The van der Waals surface area contributed by atoms with E-state index in [-0.39, 0.29) is 5.69 Å². The lowest BCUT2D eigenvalue weighted by molar-refractivity contribution is 0.0685. The molecule has 0 aliphatic rings. The van der Waals surface area contributed by atoms with Crippen molar-refractivity contribution in [2.24, 2.45) is 0 Å². The second kappa shape index (κ2) is 4.18. The number of hydrogen-bond donors (Lipinski definition) is 1. The van der Waals surface area contributed by atoms with Crippen LogP contribution in [0.1, 0.15) is 21.7 Å². The first-order chi connectivity index (χ1) is 7.68. The molecule has 0 saturated heterocycles. The van der Waals surface area contributed by atoms with E-state index in [2.05, 4.69) is 4.98 Å². The number of hydrogen-bond acceptors (Lipinski definition) is 2. The van der Waals surface area contributed by atoms with Gasteiger partial charge in [0.05, 0.1) is 12.0 Å². The largest absolute Gasteiger partial charge is 0.477 e. The Kier molecular flexibility index (Phi) is 2.72. The summed E-state index contributed by atoms with van der Waals surface area (Å²) >= 11 is 0. The van der Waals surface area contributed by atoms with Gasteiger partial charge in [-0.3, -0.25) is 0 Å². The van der Waals surface area contributed by atoms with Crippen molar-refractivity contribution in [3.05, 3.63) is 53.6 Å². The average molecular weight is 216 g/mol. The monoisotopic (exact) mass is 216 g/mol. The topological polar surface area (TPSA) is 55.1 Å². The number of aromatic nitrogens is 2. The average Bonchev–Trinajstić information content (AvgIpc) is 2.61. The molecule has 1 N–H and O–H groups in total. The normalized spacial score (nSPS) is 10.3. The van der Waals surface area contributed by atoms with Crippen molar-refractivity contribution >= 4 is 5.97 Å². The van der Waals surface area contributed by atoms with Gasteiger partial charge in [0, 0.05) is 6.54 Å². The van der Waals surface area contributed by atoms with E-state index in [1.54, 1.807) is 17.8 Å². The van der Waals surface area contributed by atoms with Crippen LogP contribution in [0.15, 0.2) is 36.7 Å². The summed E-state index contributed by atoms with van der Waals surface area (Å²) in [6, 6.07) is 9.71. The minimum atomic E-state index is -0.939. The number of benzene rings is 1. The third-order valence-electron chi connectivity index (χ3n) is 2.42. The van der Waals surface area contributed by atoms with Crippen LogP contribution in [0, 0.1) is 6.92 Å². The lowest BCUT2D eigenvalue weighted by Crippen LogP contribution is -2.09. The molecular weight excluding hydrogens is 204 g/mol. The van der Waals surface area contributed by atoms with Crippen molar-refractivity contribution in [2.75, 3.05) is 0 Å². The van der Waals surface area contributed by atoms with Gasteiger partial charge in [-0.2, -0.15) is 0 Å². The predicted octanol–water partition coefficient (Wildman–Crippen LogP) is 1.94. The van der Waals surface area contributed by atoms with Crippen LogP contribution in [0.25, 0.3) is 0 Å². The molecule has 16 heavy (non-hydrogen) atoms. The van der Waals surface area contributed by atoms with Crippen LogP contribution in [0.4, 0.5) is 0 Å². The molecule has 4 nitrogen and oxygen atoms in total. The zero-order valence-electron chi connectivity index (χ0n) is 8.92. The molecule has 4 heteroatoms. The summed E-state index contributed by atoms with van der Waals surface area (Å²) < 4.78 is 1.65.